The van der Waals surface area contributed by atoms with Gasteiger partial charge in [0.15, 0.2) is 5.60 Å². The number of carbonyl (C=O) groups excluding carboxylic acids is 1. The van der Waals surface area contributed by atoms with E-state index < -0.39 is 16.8 Å². The molecule has 0 aromatic heterocycles. The van der Waals surface area contributed by atoms with Crippen molar-refractivity contribution in [2.45, 2.75) is 63.8 Å². The maximum atomic E-state index is 13.9. The fourth-order valence-corrected chi connectivity index (χ4v) is 5.15. The number of amides is 1. The molecule has 0 aliphatic carbocycles. The van der Waals surface area contributed by atoms with Gasteiger partial charge in [-0.05, 0) is 24.0 Å². The van der Waals surface area contributed by atoms with Crippen LogP contribution in [-0.2, 0) is 20.2 Å². The lowest BCUT2D eigenvalue weighted by Gasteiger charge is -2.50. The van der Waals surface area contributed by atoms with Crippen LogP contribution in [0.1, 0.15) is 63.5 Å². The highest BCUT2D eigenvalue weighted by molar-refractivity contribution is 5.87. The summed E-state index contributed by atoms with van der Waals surface area (Å²) in [4.78, 5) is 27.7. The average Bonchev–Trinajstić information content (AvgIpc) is 3.03. The molecule has 5 nitrogen and oxygen atoms in total. The number of hydrogen-bond donors (Lipinski definition) is 1. The highest BCUT2D eigenvalue weighted by atomic mass is 17.2. The van der Waals surface area contributed by atoms with Gasteiger partial charge in [0.2, 0.25) is 11.7 Å². The van der Waals surface area contributed by atoms with E-state index in [1.54, 1.807) is 4.90 Å². The van der Waals surface area contributed by atoms with Gasteiger partial charge in [-0.2, -0.15) is 4.89 Å². The molecular formula is C26H33NO4. The van der Waals surface area contributed by atoms with E-state index in [0.29, 0.717) is 19.4 Å². The van der Waals surface area contributed by atoms with Crippen LogP contribution >= 0.6 is 0 Å². The Bertz CT molecular complexity index is 847. The molecule has 0 radical (unpaired) electrons. The Balaban J connectivity index is 1.83. The Morgan fingerprint density at radius 2 is 1.48 bits per heavy atom. The lowest BCUT2D eigenvalue weighted by Crippen LogP contribution is -2.60. The van der Waals surface area contributed by atoms with Gasteiger partial charge in [-0.15, -0.1) is 0 Å². The Hall–Kier alpha value is -2.21. The normalized spacial score (nSPS) is 27.3. The van der Waals surface area contributed by atoms with Gasteiger partial charge in [-0.1, -0.05) is 93.8 Å². The summed E-state index contributed by atoms with van der Waals surface area (Å²) in [6.07, 6.45) is 4.55. The number of likely N-dealkylation sites (tertiary alicyclic amines) is 1. The van der Waals surface area contributed by atoms with Crippen LogP contribution in [0.15, 0.2) is 60.7 Å². The van der Waals surface area contributed by atoms with Crippen LogP contribution in [0.5, 0.6) is 0 Å². The number of nitrogens with zero attached hydrogens (tertiary/aromatic N) is 1. The van der Waals surface area contributed by atoms with E-state index in [-0.39, 0.29) is 12.5 Å². The molecular weight excluding hydrogens is 390 g/mol. The molecule has 2 saturated heterocycles. The Kier molecular flexibility index (Phi) is 6.20. The second kappa shape index (κ2) is 8.73. The molecule has 2 aromatic rings. The maximum absolute atomic E-state index is 13.9. The van der Waals surface area contributed by atoms with Gasteiger partial charge >= 0.3 is 0 Å². The quantitative estimate of drug-likeness (QED) is 0.620. The predicted molar refractivity (Wildman–Crippen MR) is 119 cm³/mol. The van der Waals surface area contributed by atoms with Gasteiger partial charge in [-0.25, -0.2) is 4.89 Å². The molecule has 1 amide bonds. The first kappa shape index (κ1) is 22.0. The van der Waals surface area contributed by atoms with Gasteiger partial charge < -0.3 is 10.0 Å². The van der Waals surface area contributed by atoms with Gasteiger partial charge in [0.05, 0.1) is 6.54 Å². The summed E-state index contributed by atoms with van der Waals surface area (Å²) in [6, 6.07) is 19.8. The summed E-state index contributed by atoms with van der Waals surface area (Å²) < 4.78 is 0. The Labute approximate surface area is 184 Å². The Morgan fingerprint density at radius 3 is 2.03 bits per heavy atom. The number of carbonyl (C=O) groups is 1. The molecule has 2 aromatic carbocycles. The monoisotopic (exact) mass is 423 g/mol. The second-order valence-electron chi connectivity index (χ2n) is 8.95. The first-order chi connectivity index (χ1) is 15.0. The van der Waals surface area contributed by atoms with Crippen molar-refractivity contribution in [3.05, 3.63) is 71.8 Å². The van der Waals surface area contributed by atoms with Crippen LogP contribution in [0.2, 0.25) is 0 Å². The molecule has 2 unspecified atom stereocenters. The van der Waals surface area contributed by atoms with Crippen molar-refractivity contribution in [1.29, 1.82) is 0 Å². The highest BCUT2D eigenvalue weighted by Gasteiger charge is 2.70. The van der Waals surface area contributed by atoms with Crippen LogP contribution in [0, 0.1) is 5.41 Å². The van der Waals surface area contributed by atoms with Crippen LogP contribution in [0.3, 0.4) is 0 Å². The third-order valence-corrected chi connectivity index (χ3v) is 6.94. The van der Waals surface area contributed by atoms with Gasteiger partial charge in [0.1, 0.15) is 5.41 Å². The minimum atomic E-state index is -1.65. The topological polar surface area (TPSA) is 59.0 Å². The molecule has 166 valence electrons. The minimum absolute atomic E-state index is 0.0172. The van der Waals surface area contributed by atoms with Crippen molar-refractivity contribution < 1.29 is 19.7 Å². The standard InChI is InChI=1S/C26H33NO4/c1-3-5-17-24-19-25(21-13-9-7-10-14-21,22-15-11-8-12-16-22)30-31-26(24,29)20-27(23(24)28)18-6-4-2/h7-16,29H,3-6,17-20H2,1-2H3. The fraction of sp³-hybridized carbons (Fsp3) is 0.500. The van der Waals surface area contributed by atoms with E-state index in [4.69, 9.17) is 9.78 Å². The summed E-state index contributed by atoms with van der Waals surface area (Å²) in [5.74, 6) is -1.67. The molecule has 2 heterocycles. The number of rotatable bonds is 8. The van der Waals surface area contributed by atoms with Crippen LogP contribution < -0.4 is 0 Å². The fourth-order valence-electron chi connectivity index (χ4n) is 5.15. The molecule has 31 heavy (non-hydrogen) atoms. The summed E-state index contributed by atoms with van der Waals surface area (Å²) in [7, 11) is 0. The minimum Gasteiger partial charge on any atom is -0.361 e. The first-order valence-electron chi connectivity index (χ1n) is 11.5. The third-order valence-electron chi connectivity index (χ3n) is 6.94. The largest absolute Gasteiger partial charge is 0.361 e. The van der Waals surface area contributed by atoms with E-state index in [0.717, 1.165) is 36.8 Å². The molecule has 1 N–H and O–H groups in total. The molecule has 0 spiro atoms. The Morgan fingerprint density at radius 1 is 0.903 bits per heavy atom. The van der Waals surface area contributed by atoms with Crippen molar-refractivity contribution in [3.63, 3.8) is 0 Å². The lowest BCUT2D eigenvalue weighted by atomic mass is 9.65. The zero-order chi connectivity index (χ0) is 22.0. The van der Waals surface area contributed by atoms with E-state index in [9.17, 15) is 9.90 Å². The summed E-state index contributed by atoms with van der Waals surface area (Å²) in [5.41, 5.74) is -0.197. The molecule has 2 aliphatic rings. The number of benzene rings is 2. The van der Waals surface area contributed by atoms with Gasteiger partial charge in [0.25, 0.3) is 0 Å². The molecule has 2 aliphatic heterocycles. The van der Waals surface area contributed by atoms with Crippen molar-refractivity contribution in [2.24, 2.45) is 5.41 Å². The number of β-amino-alcohol motifs (C(OH)–C–C–N with tert-alkyl or cyclic N) is 1. The number of aliphatic hydroxyl groups is 1. The number of hydrogen-bond acceptors (Lipinski definition) is 4. The smallest absolute Gasteiger partial charge is 0.234 e. The first-order valence-corrected chi connectivity index (χ1v) is 11.5. The van der Waals surface area contributed by atoms with E-state index in [1.807, 2.05) is 60.7 Å². The molecule has 0 bridgehead atoms. The van der Waals surface area contributed by atoms with Crippen LogP contribution in [0.25, 0.3) is 0 Å². The molecule has 2 atom stereocenters. The zero-order valence-electron chi connectivity index (χ0n) is 18.5. The van der Waals surface area contributed by atoms with Gasteiger partial charge in [0, 0.05) is 13.0 Å². The number of unbranched alkanes of at least 4 members (excludes halogenated alkanes) is 2. The van der Waals surface area contributed by atoms with Crippen molar-refractivity contribution in [3.8, 4) is 0 Å². The van der Waals surface area contributed by atoms with E-state index >= 15 is 0 Å². The van der Waals surface area contributed by atoms with Crippen molar-refractivity contribution in [1.82, 2.24) is 4.90 Å². The van der Waals surface area contributed by atoms with Crippen molar-refractivity contribution in [2.75, 3.05) is 13.1 Å². The van der Waals surface area contributed by atoms with Crippen molar-refractivity contribution >= 4 is 5.91 Å². The molecule has 0 saturated carbocycles. The average molecular weight is 424 g/mol. The maximum Gasteiger partial charge on any atom is 0.234 e. The SMILES string of the molecule is CCCCN1CC2(O)OOC(c3ccccc3)(c3ccccc3)CC2(CCCC)C1=O. The third kappa shape index (κ3) is 3.59. The highest BCUT2D eigenvalue weighted by Crippen LogP contribution is 2.58. The molecule has 4 rings (SSSR count). The van der Waals surface area contributed by atoms with Crippen LogP contribution in [-0.4, -0.2) is 34.8 Å². The van der Waals surface area contributed by atoms with E-state index in [2.05, 4.69) is 13.8 Å². The predicted octanol–water partition coefficient (Wildman–Crippen LogP) is 4.79. The van der Waals surface area contributed by atoms with Crippen LogP contribution in [0.4, 0.5) is 0 Å². The summed E-state index contributed by atoms with van der Waals surface area (Å²) in [5, 5.41) is 11.6. The molecule has 5 heteroatoms. The summed E-state index contributed by atoms with van der Waals surface area (Å²) in [6.45, 7) is 4.98. The second-order valence-corrected chi connectivity index (χ2v) is 8.95. The summed E-state index contributed by atoms with van der Waals surface area (Å²) >= 11 is 0. The lowest BCUT2D eigenvalue weighted by molar-refractivity contribution is -0.503. The molecule has 2 fully saturated rings. The number of fused-ring (bicyclic) bond motifs is 1. The van der Waals surface area contributed by atoms with Gasteiger partial charge in [-0.3, -0.25) is 4.79 Å². The van der Waals surface area contributed by atoms with E-state index in [1.165, 1.54) is 0 Å². The zero-order valence-corrected chi connectivity index (χ0v) is 18.5.